The normalized spacial score (nSPS) is 14.3. The Hall–Kier alpha value is -3.00. The molecule has 2 aromatic carbocycles. The number of benzene rings is 2. The second-order valence-corrected chi connectivity index (χ2v) is 7.25. The van der Waals surface area contributed by atoms with Crippen LogP contribution in [0.3, 0.4) is 0 Å². The van der Waals surface area contributed by atoms with Gasteiger partial charge >= 0.3 is 0 Å². The molecule has 0 amide bonds. The van der Waals surface area contributed by atoms with Crippen molar-refractivity contribution in [2.24, 2.45) is 0 Å². The van der Waals surface area contributed by atoms with Crippen LogP contribution >= 0.6 is 0 Å². The van der Waals surface area contributed by atoms with Crippen LogP contribution in [0.1, 0.15) is 30.5 Å². The third-order valence-corrected chi connectivity index (χ3v) is 5.55. The van der Waals surface area contributed by atoms with Crippen LogP contribution in [-0.4, -0.2) is 9.97 Å². The van der Waals surface area contributed by atoms with Crippen LogP contribution in [0.15, 0.2) is 72.9 Å². The predicted molar refractivity (Wildman–Crippen MR) is 111 cm³/mol. The largest absolute Gasteiger partial charge is 0.261 e. The average molecular weight is 349 g/mol. The number of nitrogens with zero attached hydrogens (tertiary/aromatic N) is 2. The molecule has 131 valence electrons. The van der Waals surface area contributed by atoms with Gasteiger partial charge in [0.2, 0.25) is 0 Å². The fourth-order valence-corrected chi connectivity index (χ4v) is 3.80. The van der Waals surface area contributed by atoms with E-state index in [1.54, 1.807) is 5.92 Å². The van der Waals surface area contributed by atoms with Crippen molar-refractivity contribution in [2.75, 3.05) is 0 Å². The summed E-state index contributed by atoms with van der Waals surface area (Å²) in [5.41, 5.74) is 7.92. The maximum absolute atomic E-state index is 5.04. The van der Waals surface area contributed by atoms with Gasteiger partial charge in [-0.2, -0.15) is 0 Å². The molecule has 0 saturated heterocycles. The van der Waals surface area contributed by atoms with Gasteiger partial charge in [0.25, 0.3) is 0 Å². The van der Waals surface area contributed by atoms with Crippen molar-refractivity contribution in [1.29, 1.82) is 0 Å². The second-order valence-electron chi connectivity index (χ2n) is 7.25. The number of aryl methyl sites for hydroxylation is 1. The standard InChI is InChI=1S/C25H21N2/c1-17-22-16-23(20-6-3-2-4-7-20)25(27-24(22)14-15-26-17)21-12-10-19(11-13-21)18-8-5-9-18/h2-4,6-7,10-16H,5,8-9H2,1H3. The van der Waals surface area contributed by atoms with E-state index in [0.29, 0.717) is 0 Å². The van der Waals surface area contributed by atoms with Gasteiger partial charge in [0.1, 0.15) is 0 Å². The monoisotopic (exact) mass is 349 g/mol. The molecule has 2 heteroatoms. The minimum Gasteiger partial charge on any atom is -0.261 e. The molecule has 1 fully saturated rings. The summed E-state index contributed by atoms with van der Waals surface area (Å²) in [6.07, 6.45) is 5.66. The predicted octanol–water partition coefficient (Wildman–Crippen LogP) is 6.38. The van der Waals surface area contributed by atoms with E-state index in [0.717, 1.165) is 33.4 Å². The minimum absolute atomic E-state index is 0.995. The van der Waals surface area contributed by atoms with E-state index in [1.165, 1.54) is 30.4 Å². The van der Waals surface area contributed by atoms with Crippen LogP contribution in [0, 0.1) is 12.8 Å². The quantitative estimate of drug-likeness (QED) is 0.429. The summed E-state index contributed by atoms with van der Waals surface area (Å²) in [5.74, 6) is 1.58. The lowest BCUT2D eigenvalue weighted by atomic mass is 9.80. The van der Waals surface area contributed by atoms with Gasteiger partial charge in [-0.25, -0.2) is 4.98 Å². The van der Waals surface area contributed by atoms with E-state index in [1.807, 2.05) is 19.2 Å². The third kappa shape index (κ3) is 2.91. The molecule has 0 aliphatic heterocycles. The van der Waals surface area contributed by atoms with Crippen molar-refractivity contribution in [2.45, 2.75) is 26.2 Å². The van der Waals surface area contributed by atoms with Gasteiger partial charge in [-0.15, -0.1) is 0 Å². The highest BCUT2D eigenvalue weighted by molar-refractivity contribution is 5.92. The first kappa shape index (κ1) is 16.2. The Bertz CT molecular complexity index is 1090. The van der Waals surface area contributed by atoms with Gasteiger partial charge in [-0.05, 0) is 43.0 Å². The number of fused-ring (bicyclic) bond motifs is 1. The molecule has 1 aliphatic carbocycles. The summed E-state index contributed by atoms with van der Waals surface area (Å²) >= 11 is 0. The minimum atomic E-state index is 0.995. The lowest BCUT2D eigenvalue weighted by molar-refractivity contribution is 0.577. The molecule has 27 heavy (non-hydrogen) atoms. The Balaban J connectivity index is 1.69. The summed E-state index contributed by atoms with van der Waals surface area (Å²) in [7, 11) is 0. The molecule has 0 bridgehead atoms. The SMILES string of the molecule is Cc1nccc2nc(-c3ccc([C]4CCC4)cc3)c(-c3ccccc3)cc12. The maximum Gasteiger partial charge on any atom is 0.0788 e. The molecule has 0 N–H and O–H groups in total. The van der Waals surface area contributed by atoms with E-state index >= 15 is 0 Å². The van der Waals surface area contributed by atoms with Crippen LogP contribution in [0.4, 0.5) is 0 Å². The zero-order valence-corrected chi connectivity index (χ0v) is 15.4. The van der Waals surface area contributed by atoms with Gasteiger partial charge in [0.15, 0.2) is 0 Å². The van der Waals surface area contributed by atoms with Crippen LogP contribution in [0.5, 0.6) is 0 Å². The Morgan fingerprint density at radius 1 is 0.778 bits per heavy atom. The zero-order chi connectivity index (χ0) is 18.2. The summed E-state index contributed by atoms with van der Waals surface area (Å²) in [6.45, 7) is 2.04. The molecular formula is C25H21N2. The van der Waals surface area contributed by atoms with Gasteiger partial charge in [0, 0.05) is 34.3 Å². The van der Waals surface area contributed by atoms with Gasteiger partial charge < -0.3 is 0 Å². The second kappa shape index (κ2) is 6.62. The van der Waals surface area contributed by atoms with Crippen molar-refractivity contribution >= 4 is 10.9 Å². The summed E-state index contributed by atoms with van der Waals surface area (Å²) in [4.78, 5) is 9.49. The first-order chi connectivity index (χ1) is 13.3. The van der Waals surface area contributed by atoms with E-state index in [4.69, 9.17) is 4.98 Å². The summed E-state index contributed by atoms with van der Waals surface area (Å²) in [6, 6.07) is 23.7. The number of pyridine rings is 2. The fraction of sp³-hybridized carbons (Fsp3) is 0.160. The van der Waals surface area contributed by atoms with Crippen molar-refractivity contribution in [3.63, 3.8) is 0 Å². The Kier molecular flexibility index (Phi) is 3.97. The Morgan fingerprint density at radius 2 is 1.52 bits per heavy atom. The summed E-state index contributed by atoms with van der Waals surface area (Å²) in [5, 5.41) is 1.11. The van der Waals surface area contributed by atoms with Crippen LogP contribution in [0.2, 0.25) is 0 Å². The number of hydrogen-bond donors (Lipinski definition) is 0. The number of hydrogen-bond acceptors (Lipinski definition) is 2. The highest BCUT2D eigenvalue weighted by atomic mass is 14.7. The highest BCUT2D eigenvalue weighted by Crippen LogP contribution is 2.38. The van der Waals surface area contributed by atoms with Crippen LogP contribution in [0.25, 0.3) is 33.3 Å². The molecule has 4 aromatic rings. The van der Waals surface area contributed by atoms with Crippen LogP contribution in [-0.2, 0) is 0 Å². The van der Waals surface area contributed by atoms with Gasteiger partial charge in [0.05, 0.1) is 11.2 Å². The van der Waals surface area contributed by atoms with Gasteiger partial charge in [-0.3, -0.25) is 4.98 Å². The van der Waals surface area contributed by atoms with E-state index < -0.39 is 0 Å². The molecular weight excluding hydrogens is 328 g/mol. The molecule has 0 spiro atoms. The highest BCUT2D eigenvalue weighted by Gasteiger charge is 2.20. The molecule has 2 aromatic heterocycles. The zero-order valence-electron chi connectivity index (χ0n) is 15.4. The van der Waals surface area contributed by atoms with E-state index in [9.17, 15) is 0 Å². The molecule has 2 heterocycles. The van der Waals surface area contributed by atoms with Crippen molar-refractivity contribution < 1.29 is 0 Å². The first-order valence-electron chi connectivity index (χ1n) is 9.57. The first-order valence-corrected chi connectivity index (χ1v) is 9.57. The molecule has 2 nitrogen and oxygen atoms in total. The topological polar surface area (TPSA) is 25.8 Å². The summed E-state index contributed by atoms with van der Waals surface area (Å²) < 4.78 is 0. The van der Waals surface area contributed by atoms with Crippen molar-refractivity contribution in [3.8, 4) is 22.4 Å². The average Bonchev–Trinajstić information content (AvgIpc) is 2.67. The van der Waals surface area contributed by atoms with Crippen LogP contribution < -0.4 is 0 Å². The van der Waals surface area contributed by atoms with Gasteiger partial charge in [-0.1, -0.05) is 61.0 Å². The molecule has 1 aliphatic rings. The number of rotatable bonds is 3. The maximum atomic E-state index is 5.04. The number of aromatic nitrogens is 2. The molecule has 0 unspecified atom stereocenters. The Labute approximate surface area is 159 Å². The third-order valence-electron chi connectivity index (χ3n) is 5.55. The van der Waals surface area contributed by atoms with E-state index in [-0.39, 0.29) is 0 Å². The van der Waals surface area contributed by atoms with Crippen molar-refractivity contribution in [1.82, 2.24) is 9.97 Å². The molecule has 5 rings (SSSR count). The fourth-order valence-electron chi connectivity index (χ4n) is 3.80. The molecule has 1 radical (unpaired) electrons. The lowest BCUT2D eigenvalue weighted by Gasteiger charge is -2.25. The Morgan fingerprint density at radius 3 is 2.22 bits per heavy atom. The molecule has 1 saturated carbocycles. The lowest BCUT2D eigenvalue weighted by Crippen LogP contribution is -2.09. The molecule has 0 atom stereocenters. The van der Waals surface area contributed by atoms with Crippen molar-refractivity contribution in [3.05, 3.63) is 90.1 Å². The smallest absolute Gasteiger partial charge is 0.0788 e. The van der Waals surface area contributed by atoms with E-state index in [2.05, 4.69) is 65.6 Å².